The van der Waals surface area contributed by atoms with Gasteiger partial charge in [0, 0.05) is 42.8 Å². The molecule has 188 valence electrons. The van der Waals surface area contributed by atoms with Crippen molar-refractivity contribution >= 4 is 17.5 Å². The van der Waals surface area contributed by atoms with E-state index in [-0.39, 0.29) is 23.4 Å². The third-order valence-electron chi connectivity index (χ3n) is 6.42. The van der Waals surface area contributed by atoms with Gasteiger partial charge < -0.3 is 15.4 Å². The van der Waals surface area contributed by atoms with Crippen LogP contribution in [0.3, 0.4) is 0 Å². The molecule has 4 aromatic rings. The molecule has 2 amide bonds. The van der Waals surface area contributed by atoms with Gasteiger partial charge in [0.1, 0.15) is 11.2 Å². The number of aryl methyl sites for hydroxylation is 1. The number of carbonyl (C=O) groups excluding carboxylic acids is 2. The van der Waals surface area contributed by atoms with Gasteiger partial charge >= 0.3 is 0 Å². The van der Waals surface area contributed by atoms with Gasteiger partial charge in [0.15, 0.2) is 11.6 Å². The van der Waals surface area contributed by atoms with Crippen molar-refractivity contribution in [1.82, 2.24) is 20.1 Å². The highest BCUT2D eigenvalue weighted by atomic mass is 19.1. The number of nitrogens with one attached hydrogen (secondary N) is 2. The van der Waals surface area contributed by atoms with Crippen molar-refractivity contribution in [2.45, 2.75) is 25.8 Å². The maximum Gasteiger partial charge on any atom is 0.240 e. The van der Waals surface area contributed by atoms with Gasteiger partial charge in [0.05, 0.1) is 17.9 Å². The molecule has 0 bridgehead atoms. The Kier molecular flexibility index (Phi) is 6.43. The first kappa shape index (κ1) is 24.2. The number of hydrogen-bond acceptors (Lipinski definition) is 5. The van der Waals surface area contributed by atoms with Gasteiger partial charge in [0.25, 0.3) is 0 Å². The second kappa shape index (κ2) is 9.85. The first-order chi connectivity index (χ1) is 17.8. The molecule has 2 N–H and O–H groups in total. The molecule has 1 atom stereocenters. The van der Waals surface area contributed by atoms with Crippen LogP contribution in [-0.2, 0) is 16.6 Å². The molecule has 0 spiro atoms. The van der Waals surface area contributed by atoms with Crippen LogP contribution < -0.4 is 15.4 Å². The predicted octanol–water partition coefficient (Wildman–Crippen LogP) is 5.01. The summed E-state index contributed by atoms with van der Waals surface area (Å²) in [6.45, 7) is 1.87. The molecular formula is C28H26FN5O3. The van der Waals surface area contributed by atoms with Crippen LogP contribution in [0.25, 0.3) is 11.3 Å². The van der Waals surface area contributed by atoms with Gasteiger partial charge in [-0.05, 0) is 43.5 Å². The maximum absolute atomic E-state index is 14.9. The lowest BCUT2D eigenvalue weighted by Gasteiger charge is -2.20. The number of nitrogens with zero attached hydrogens (tertiary/aromatic N) is 3. The fourth-order valence-corrected chi connectivity index (χ4v) is 4.07. The summed E-state index contributed by atoms with van der Waals surface area (Å²) in [7, 11) is 1.81. The molecular weight excluding hydrogens is 473 g/mol. The van der Waals surface area contributed by atoms with E-state index in [9.17, 15) is 14.0 Å². The van der Waals surface area contributed by atoms with Gasteiger partial charge in [-0.2, -0.15) is 5.10 Å². The fourth-order valence-electron chi connectivity index (χ4n) is 4.07. The Morgan fingerprint density at radius 1 is 1.08 bits per heavy atom. The van der Waals surface area contributed by atoms with Gasteiger partial charge in [-0.15, -0.1) is 0 Å². The Labute approximate surface area is 213 Å². The van der Waals surface area contributed by atoms with E-state index in [1.165, 1.54) is 12.1 Å². The highest BCUT2D eigenvalue weighted by Gasteiger charge is 2.56. The Bertz CT molecular complexity index is 1450. The third kappa shape index (κ3) is 5.20. The van der Waals surface area contributed by atoms with Crippen molar-refractivity contribution in [3.05, 3.63) is 90.6 Å². The van der Waals surface area contributed by atoms with Crippen LogP contribution in [0.2, 0.25) is 0 Å². The van der Waals surface area contributed by atoms with Crippen molar-refractivity contribution in [3.63, 3.8) is 0 Å². The van der Waals surface area contributed by atoms with Crippen molar-refractivity contribution < 1.29 is 18.7 Å². The first-order valence-corrected chi connectivity index (χ1v) is 11.9. The number of halogens is 1. The normalized spacial score (nSPS) is 14.5. The number of rotatable bonds is 8. The van der Waals surface area contributed by atoms with E-state index < -0.39 is 17.1 Å². The van der Waals surface area contributed by atoms with Gasteiger partial charge in [-0.1, -0.05) is 30.3 Å². The molecule has 1 saturated carbocycles. The molecule has 1 aliphatic carbocycles. The zero-order valence-electron chi connectivity index (χ0n) is 20.4. The summed E-state index contributed by atoms with van der Waals surface area (Å²) in [5.41, 5.74) is 1.50. The average Bonchev–Trinajstić information content (AvgIpc) is 3.61. The van der Waals surface area contributed by atoms with E-state index >= 15 is 0 Å². The molecule has 5 rings (SSSR count). The minimum absolute atomic E-state index is 0.00287. The molecule has 37 heavy (non-hydrogen) atoms. The highest BCUT2D eigenvalue weighted by molar-refractivity contribution is 6.13. The number of anilines is 1. The summed E-state index contributed by atoms with van der Waals surface area (Å²) >= 11 is 0. The van der Waals surface area contributed by atoms with E-state index in [4.69, 9.17) is 4.74 Å². The van der Waals surface area contributed by atoms with Crippen LogP contribution in [0.1, 0.15) is 31.4 Å². The Hall–Kier alpha value is -4.53. The smallest absolute Gasteiger partial charge is 0.240 e. The summed E-state index contributed by atoms with van der Waals surface area (Å²) in [5.74, 6) is -1.02. The van der Waals surface area contributed by atoms with Crippen molar-refractivity contribution in [2.24, 2.45) is 12.5 Å². The van der Waals surface area contributed by atoms with Crippen LogP contribution >= 0.6 is 0 Å². The first-order valence-electron chi connectivity index (χ1n) is 11.9. The van der Waals surface area contributed by atoms with E-state index in [0.29, 0.717) is 24.3 Å². The number of benzene rings is 2. The van der Waals surface area contributed by atoms with E-state index in [1.54, 1.807) is 35.3 Å². The molecule has 9 heteroatoms. The average molecular weight is 500 g/mol. The lowest BCUT2D eigenvalue weighted by atomic mass is 10.0. The minimum Gasteiger partial charge on any atom is -0.454 e. The molecule has 1 aliphatic rings. The Morgan fingerprint density at radius 3 is 2.54 bits per heavy atom. The summed E-state index contributed by atoms with van der Waals surface area (Å²) < 4.78 is 22.2. The molecule has 0 aliphatic heterocycles. The van der Waals surface area contributed by atoms with E-state index in [0.717, 1.165) is 11.1 Å². The third-order valence-corrected chi connectivity index (χ3v) is 6.42. The van der Waals surface area contributed by atoms with Gasteiger partial charge in [0.2, 0.25) is 11.8 Å². The van der Waals surface area contributed by atoms with E-state index in [2.05, 4.69) is 20.7 Å². The summed E-state index contributed by atoms with van der Waals surface area (Å²) in [6, 6.07) is 16.8. The van der Waals surface area contributed by atoms with Crippen LogP contribution in [0.4, 0.5) is 10.1 Å². The summed E-state index contributed by atoms with van der Waals surface area (Å²) in [6.07, 6.45) is 5.95. The molecule has 1 fully saturated rings. The van der Waals surface area contributed by atoms with Crippen LogP contribution in [0.15, 0.2) is 79.3 Å². The van der Waals surface area contributed by atoms with E-state index in [1.807, 2.05) is 50.5 Å². The molecule has 2 heterocycles. The SMILES string of the molecule is C[C@H](NC(=O)C1(C(=O)Nc2ccc(Oc3ccnc(-c4cnn(C)c4)c3)c(F)c2)CC1)c1ccccc1. The molecule has 2 aromatic carbocycles. The second-order valence-corrected chi connectivity index (χ2v) is 9.17. The fraction of sp³-hybridized carbons (Fsp3) is 0.214. The van der Waals surface area contributed by atoms with Crippen molar-refractivity contribution in [3.8, 4) is 22.8 Å². The summed E-state index contributed by atoms with van der Waals surface area (Å²) in [5, 5.41) is 9.75. The number of amides is 2. The Morgan fingerprint density at radius 2 is 1.86 bits per heavy atom. The zero-order chi connectivity index (χ0) is 26.0. The predicted molar refractivity (Wildman–Crippen MR) is 136 cm³/mol. The second-order valence-electron chi connectivity index (χ2n) is 9.17. The maximum atomic E-state index is 14.9. The topological polar surface area (TPSA) is 98.1 Å². The van der Waals surface area contributed by atoms with Crippen molar-refractivity contribution in [1.29, 1.82) is 0 Å². The number of pyridine rings is 1. The Balaban J connectivity index is 1.24. The molecule has 2 aromatic heterocycles. The lowest BCUT2D eigenvalue weighted by molar-refractivity contribution is -0.134. The highest BCUT2D eigenvalue weighted by Crippen LogP contribution is 2.47. The van der Waals surface area contributed by atoms with Crippen LogP contribution in [0.5, 0.6) is 11.5 Å². The molecule has 8 nitrogen and oxygen atoms in total. The van der Waals surface area contributed by atoms with Crippen LogP contribution in [0, 0.1) is 11.2 Å². The number of ether oxygens (including phenoxy) is 1. The quantitative estimate of drug-likeness (QED) is 0.332. The largest absolute Gasteiger partial charge is 0.454 e. The monoisotopic (exact) mass is 499 g/mol. The minimum atomic E-state index is -1.14. The number of aromatic nitrogens is 3. The number of carbonyl (C=O) groups is 2. The number of hydrogen-bond donors (Lipinski definition) is 2. The zero-order valence-corrected chi connectivity index (χ0v) is 20.4. The summed E-state index contributed by atoms with van der Waals surface area (Å²) in [4.78, 5) is 30.2. The van der Waals surface area contributed by atoms with Crippen LogP contribution in [-0.4, -0.2) is 26.6 Å². The molecule has 0 radical (unpaired) electrons. The van der Waals surface area contributed by atoms with Gasteiger partial charge in [-0.3, -0.25) is 19.3 Å². The molecule has 0 saturated heterocycles. The standard InChI is InChI=1S/C28H26FN5O3/c1-18(19-6-4-3-5-7-19)32-26(35)28(11-12-28)27(36)33-21-8-9-25(23(29)14-21)37-22-10-13-30-24(15-22)20-16-31-34(2)17-20/h3-10,13-18H,11-12H2,1-2H3,(H,32,35)(H,33,36)/t18-/m0/s1. The van der Waals surface area contributed by atoms with Crippen molar-refractivity contribution in [2.75, 3.05) is 5.32 Å². The van der Waals surface area contributed by atoms with Gasteiger partial charge in [-0.25, -0.2) is 4.39 Å². The lowest BCUT2D eigenvalue weighted by Crippen LogP contribution is -2.41. The molecule has 0 unspecified atom stereocenters.